The maximum absolute atomic E-state index is 13.7. The topological polar surface area (TPSA) is 32.3 Å². The van der Waals surface area contributed by atoms with Crippen LogP contribution in [0.4, 0.5) is 4.39 Å². The van der Waals surface area contributed by atoms with E-state index in [0.717, 1.165) is 24.4 Å². The summed E-state index contributed by atoms with van der Waals surface area (Å²) in [5.74, 6) is 0.288. The Morgan fingerprint density at radius 2 is 2.05 bits per heavy atom. The van der Waals surface area contributed by atoms with Gasteiger partial charge in [0.2, 0.25) is 0 Å². The quantitative estimate of drug-likeness (QED) is 0.816. The van der Waals surface area contributed by atoms with Gasteiger partial charge in [0.15, 0.2) is 0 Å². The molecule has 1 unspecified atom stereocenters. The Bertz CT molecular complexity index is 541. The molecule has 2 rings (SSSR count). The molecule has 1 aromatic heterocycles. The van der Waals surface area contributed by atoms with Gasteiger partial charge in [-0.2, -0.15) is 0 Å². The van der Waals surface area contributed by atoms with Crippen LogP contribution < -0.4 is 5.32 Å². The van der Waals surface area contributed by atoms with Crippen LogP contribution >= 0.6 is 11.3 Å². The molecular formula is C16H20FNOS. The first-order valence-corrected chi connectivity index (χ1v) is 7.67. The normalized spacial score (nSPS) is 12.6. The van der Waals surface area contributed by atoms with Crippen LogP contribution in [-0.2, 0) is 6.54 Å². The molecule has 0 saturated heterocycles. The first-order valence-electron chi connectivity index (χ1n) is 6.86. The second-order valence-corrected chi connectivity index (χ2v) is 6.16. The molecule has 108 valence electrons. The molecule has 2 N–H and O–H groups in total. The lowest BCUT2D eigenvalue weighted by Gasteiger charge is -2.09. The summed E-state index contributed by atoms with van der Waals surface area (Å²) in [4.78, 5) is 2.16. The fourth-order valence-corrected chi connectivity index (χ4v) is 3.05. The van der Waals surface area contributed by atoms with Crippen LogP contribution in [-0.4, -0.2) is 18.3 Å². The fourth-order valence-electron chi connectivity index (χ4n) is 2.04. The highest BCUT2D eigenvalue weighted by atomic mass is 32.1. The lowest BCUT2D eigenvalue weighted by atomic mass is 10.1. The Morgan fingerprint density at radius 1 is 1.25 bits per heavy atom. The molecule has 0 aliphatic heterocycles. The molecule has 0 radical (unpaired) electrons. The lowest BCUT2D eigenvalue weighted by Crippen LogP contribution is -2.20. The minimum atomic E-state index is -0.176. The van der Waals surface area contributed by atoms with E-state index in [4.69, 9.17) is 5.11 Å². The van der Waals surface area contributed by atoms with Gasteiger partial charge in [-0.15, -0.1) is 11.3 Å². The molecule has 1 atom stereocenters. The van der Waals surface area contributed by atoms with Crippen molar-refractivity contribution in [2.75, 3.05) is 13.2 Å². The minimum Gasteiger partial charge on any atom is -0.396 e. The number of aliphatic hydroxyl groups is 1. The Labute approximate surface area is 123 Å². The van der Waals surface area contributed by atoms with E-state index in [0.29, 0.717) is 11.5 Å². The van der Waals surface area contributed by atoms with Crippen LogP contribution in [0.3, 0.4) is 0 Å². The van der Waals surface area contributed by atoms with Gasteiger partial charge in [0.1, 0.15) is 5.82 Å². The third-order valence-electron chi connectivity index (χ3n) is 3.21. The van der Waals surface area contributed by atoms with Gasteiger partial charge in [-0.05, 0) is 37.1 Å². The molecule has 0 spiro atoms. The predicted octanol–water partition coefficient (Wildman–Crippen LogP) is 3.66. The zero-order valence-corrected chi connectivity index (χ0v) is 12.4. The number of benzene rings is 1. The van der Waals surface area contributed by atoms with Crippen LogP contribution in [0, 0.1) is 11.7 Å². The van der Waals surface area contributed by atoms with E-state index >= 15 is 0 Å². The van der Waals surface area contributed by atoms with E-state index in [1.165, 1.54) is 10.9 Å². The molecule has 0 aliphatic rings. The number of hydrogen-bond donors (Lipinski definition) is 2. The summed E-state index contributed by atoms with van der Waals surface area (Å²) in [7, 11) is 0. The number of aliphatic hydroxyl groups excluding tert-OH is 1. The highest BCUT2D eigenvalue weighted by molar-refractivity contribution is 7.15. The zero-order chi connectivity index (χ0) is 14.4. The van der Waals surface area contributed by atoms with Crippen molar-refractivity contribution in [1.82, 2.24) is 5.32 Å². The van der Waals surface area contributed by atoms with Crippen LogP contribution in [0.1, 0.15) is 18.2 Å². The summed E-state index contributed by atoms with van der Waals surface area (Å²) in [6.07, 6.45) is 0.817. The SMILES string of the molecule is CC(CCO)CNCc1ccc(-c2ccccc2F)s1. The van der Waals surface area contributed by atoms with E-state index in [-0.39, 0.29) is 12.4 Å². The monoisotopic (exact) mass is 293 g/mol. The molecule has 0 saturated carbocycles. The maximum atomic E-state index is 13.7. The van der Waals surface area contributed by atoms with E-state index in [1.54, 1.807) is 17.4 Å². The van der Waals surface area contributed by atoms with Crippen molar-refractivity contribution in [1.29, 1.82) is 0 Å². The number of hydrogen-bond acceptors (Lipinski definition) is 3. The second-order valence-electron chi connectivity index (χ2n) is 4.99. The predicted molar refractivity (Wildman–Crippen MR) is 82.3 cm³/mol. The van der Waals surface area contributed by atoms with Gasteiger partial charge in [-0.1, -0.05) is 25.1 Å². The molecule has 4 heteroatoms. The Morgan fingerprint density at radius 3 is 2.80 bits per heavy atom. The highest BCUT2D eigenvalue weighted by Gasteiger charge is 2.07. The molecule has 1 aromatic carbocycles. The van der Waals surface area contributed by atoms with Crippen molar-refractivity contribution in [2.24, 2.45) is 5.92 Å². The first-order chi connectivity index (χ1) is 9.70. The Balaban J connectivity index is 1.91. The van der Waals surface area contributed by atoms with Gasteiger partial charge in [-0.3, -0.25) is 0 Å². The standard InChI is InChI=1S/C16H20FNOS/c1-12(8-9-19)10-18-11-13-6-7-16(20-13)14-4-2-3-5-15(14)17/h2-7,12,18-19H,8-11H2,1H3. The Hall–Kier alpha value is -1.23. The average Bonchev–Trinajstić information content (AvgIpc) is 2.88. The second kappa shape index (κ2) is 7.53. The largest absolute Gasteiger partial charge is 0.396 e. The summed E-state index contributed by atoms with van der Waals surface area (Å²) in [5, 5.41) is 12.2. The van der Waals surface area contributed by atoms with Gasteiger partial charge in [0.05, 0.1) is 0 Å². The van der Waals surface area contributed by atoms with Crippen molar-refractivity contribution in [3.05, 3.63) is 47.1 Å². The molecule has 0 fully saturated rings. The third-order valence-corrected chi connectivity index (χ3v) is 4.33. The third kappa shape index (κ3) is 4.13. The smallest absolute Gasteiger partial charge is 0.131 e. The van der Waals surface area contributed by atoms with Gasteiger partial charge in [-0.25, -0.2) is 4.39 Å². The molecule has 0 bridgehead atoms. The van der Waals surface area contributed by atoms with Gasteiger partial charge >= 0.3 is 0 Å². The van der Waals surface area contributed by atoms with Gasteiger partial charge < -0.3 is 10.4 Å². The average molecular weight is 293 g/mol. The van der Waals surface area contributed by atoms with E-state index < -0.39 is 0 Å². The summed E-state index contributed by atoms with van der Waals surface area (Å²) in [6, 6.07) is 10.9. The summed E-state index contributed by atoms with van der Waals surface area (Å²) in [6.45, 7) is 4.02. The first kappa shape index (κ1) is 15.2. The van der Waals surface area contributed by atoms with Crippen LogP contribution in [0.2, 0.25) is 0 Å². The van der Waals surface area contributed by atoms with Gasteiger partial charge in [0, 0.05) is 28.5 Å². The van der Waals surface area contributed by atoms with Crippen molar-refractivity contribution in [3.63, 3.8) is 0 Å². The van der Waals surface area contributed by atoms with Crippen molar-refractivity contribution in [2.45, 2.75) is 19.9 Å². The van der Waals surface area contributed by atoms with Crippen LogP contribution in [0.5, 0.6) is 0 Å². The lowest BCUT2D eigenvalue weighted by molar-refractivity contribution is 0.260. The molecule has 2 aromatic rings. The number of thiophene rings is 1. The maximum Gasteiger partial charge on any atom is 0.131 e. The molecule has 20 heavy (non-hydrogen) atoms. The van der Waals surface area contributed by atoms with E-state index in [2.05, 4.69) is 12.2 Å². The molecule has 0 aliphatic carbocycles. The number of halogens is 1. The van der Waals surface area contributed by atoms with Crippen LogP contribution in [0.25, 0.3) is 10.4 Å². The molecule has 1 heterocycles. The summed E-state index contributed by atoms with van der Waals surface area (Å²) in [5.41, 5.74) is 0.664. The van der Waals surface area contributed by atoms with Crippen molar-refractivity contribution >= 4 is 11.3 Å². The van der Waals surface area contributed by atoms with E-state index in [1.807, 2.05) is 24.3 Å². The minimum absolute atomic E-state index is 0.176. The molecule has 2 nitrogen and oxygen atoms in total. The molecular weight excluding hydrogens is 273 g/mol. The highest BCUT2D eigenvalue weighted by Crippen LogP contribution is 2.29. The zero-order valence-electron chi connectivity index (χ0n) is 11.6. The van der Waals surface area contributed by atoms with Crippen LogP contribution in [0.15, 0.2) is 36.4 Å². The van der Waals surface area contributed by atoms with Gasteiger partial charge in [0.25, 0.3) is 0 Å². The number of nitrogens with one attached hydrogen (secondary N) is 1. The number of rotatable bonds is 7. The molecule has 0 amide bonds. The Kier molecular flexibility index (Phi) is 5.71. The summed E-state index contributed by atoms with van der Waals surface area (Å²) >= 11 is 1.61. The van der Waals surface area contributed by atoms with Crippen molar-refractivity contribution < 1.29 is 9.50 Å². The summed E-state index contributed by atoms with van der Waals surface area (Å²) < 4.78 is 13.7. The fraction of sp³-hybridized carbons (Fsp3) is 0.375. The van der Waals surface area contributed by atoms with Crippen molar-refractivity contribution in [3.8, 4) is 10.4 Å². The van der Waals surface area contributed by atoms with E-state index in [9.17, 15) is 4.39 Å².